The number of hydrogen-bond acceptors (Lipinski definition) is 3. The Kier molecular flexibility index (Phi) is 3.97. The van der Waals surface area contributed by atoms with E-state index in [2.05, 4.69) is 58.5 Å². The largest absolute Gasteiger partial charge is 0.354 e. The van der Waals surface area contributed by atoms with Gasteiger partial charge in [0.1, 0.15) is 0 Å². The van der Waals surface area contributed by atoms with Crippen molar-refractivity contribution in [2.24, 2.45) is 0 Å². The summed E-state index contributed by atoms with van der Waals surface area (Å²) in [6, 6.07) is 6.98. The van der Waals surface area contributed by atoms with E-state index in [1.54, 1.807) is 6.20 Å². The molecular weight excluding hydrogens is 334 g/mol. The van der Waals surface area contributed by atoms with Gasteiger partial charge in [0.25, 0.3) is 0 Å². The van der Waals surface area contributed by atoms with Gasteiger partial charge >= 0.3 is 0 Å². The molecule has 1 saturated heterocycles. The Labute approximate surface area is 158 Å². The van der Waals surface area contributed by atoms with Crippen LogP contribution in [0.25, 0.3) is 27.9 Å². The molecule has 0 radical (unpaired) electrons. The number of nitrogens with zero attached hydrogens (tertiary/aromatic N) is 3. The van der Waals surface area contributed by atoms with Crippen molar-refractivity contribution >= 4 is 16.7 Å². The van der Waals surface area contributed by atoms with Crippen molar-refractivity contribution in [3.05, 3.63) is 54.1 Å². The van der Waals surface area contributed by atoms with Crippen LogP contribution in [0.3, 0.4) is 0 Å². The molecule has 0 amide bonds. The maximum Gasteiger partial charge on any atom is 0.233 e. The summed E-state index contributed by atoms with van der Waals surface area (Å²) in [5.41, 5.74) is 6.33. The van der Waals surface area contributed by atoms with Crippen LogP contribution >= 0.6 is 0 Å². The van der Waals surface area contributed by atoms with Crippen molar-refractivity contribution in [1.82, 2.24) is 24.7 Å². The van der Waals surface area contributed by atoms with Crippen LogP contribution in [-0.4, -0.2) is 32.4 Å². The van der Waals surface area contributed by atoms with E-state index in [1.165, 1.54) is 40.6 Å². The number of nitrogens with one attached hydrogen (secondary N) is 2. The average molecular weight is 359 g/mol. The van der Waals surface area contributed by atoms with E-state index >= 15 is 0 Å². The lowest BCUT2D eigenvalue weighted by Crippen LogP contribution is -2.26. The predicted molar refractivity (Wildman–Crippen MR) is 109 cm³/mol. The summed E-state index contributed by atoms with van der Waals surface area (Å²) < 4.78 is 1.98. The maximum atomic E-state index is 4.50. The Balaban J connectivity index is 1.66. The molecule has 0 saturated carbocycles. The second-order valence-electron chi connectivity index (χ2n) is 7.87. The van der Waals surface area contributed by atoms with Crippen LogP contribution < -0.4 is 5.32 Å². The second-order valence-corrected chi connectivity index (χ2v) is 7.87. The van der Waals surface area contributed by atoms with Gasteiger partial charge in [-0.3, -0.25) is 4.40 Å². The number of rotatable bonds is 3. The summed E-state index contributed by atoms with van der Waals surface area (Å²) in [6.07, 6.45) is 10.2. The first kappa shape index (κ1) is 16.5. The summed E-state index contributed by atoms with van der Waals surface area (Å²) >= 11 is 0. The van der Waals surface area contributed by atoms with Gasteiger partial charge in [-0.2, -0.15) is 0 Å². The molecule has 0 spiro atoms. The summed E-state index contributed by atoms with van der Waals surface area (Å²) in [7, 11) is 0. The summed E-state index contributed by atoms with van der Waals surface area (Å²) in [4.78, 5) is 12.4. The predicted octanol–water partition coefficient (Wildman–Crippen LogP) is 4.47. The molecule has 0 bridgehead atoms. The number of benzene rings is 1. The van der Waals surface area contributed by atoms with Crippen LogP contribution in [0.5, 0.6) is 0 Å². The quantitative estimate of drug-likeness (QED) is 0.567. The van der Waals surface area contributed by atoms with E-state index in [0.29, 0.717) is 11.8 Å². The minimum atomic E-state index is 0.426. The van der Waals surface area contributed by atoms with E-state index < -0.39 is 0 Å². The number of piperidine rings is 1. The molecule has 5 rings (SSSR count). The topological polar surface area (TPSA) is 58.0 Å². The third kappa shape index (κ3) is 2.82. The fraction of sp³-hybridized carbons (Fsp3) is 0.364. The zero-order chi connectivity index (χ0) is 18.4. The molecule has 4 heterocycles. The first-order chi connectivity index (χ1) is 13.2. The summed E-state index contributed by atoms with van der Waals surface area (Å²) in [6.45, 7) is 6.78. The Morgan fingerprint density at radius 3 is 2.81 bits per heavy atom. The second kappa shape index (κ2) is 6.50. The minimum Gasteiger partial charge on any atom is -0.354 e. The lowest BCUT2D eigenvalue weighted by molar-refractivity contribution is 0.460. The third-order valence-corrected chi connectivity index (χ3v) is 5.78. The molecule has 1 aliphatic rings. The van der Waals surface area contributed by atoms with Crippen molar-refractivity contribution in [1.29, 1.82) is 0 Å². The van der Waals surface area contributed by atoms with Gasteiger partial charge in [0.05, 0.1) is 5.69 Å². The number of aromatic amines is 1. The van der Waals surface area contributed by atoms with Crippen LogP contribution in [0.2, 0.25) is 0 Å². The molecule has 1 aliphatic heterocycles. The molecule has 2 N–H and O–H groups in total. The lowest BCUT2D eigenvalue weighted by atomic mass is 9.88. The van der Waals surface area contributed by atoms with Crippen molar-refractivity contribution in [2.45, 2.75) is 38.5 Å². The zero-order valence-corrected chi connectivity index (χ0v) is 15.9. The van der Waals surface area contributed by atoms with Crippen molar-refractivity contribution in [3.63, 3.8) is 0 Å². The van der Waals surface area contributed by atoms with Gasteiger partial charge in [-0.1, -0.05) is 19.9 Å². The van der Waals surface area contributed by atoms with E-state index in [4.69, 9.17) is 0 Å². The van der Waals surface area contributed by atoms with E-state index in [1.807, 2.05) is 16.8 Å². The normalized spacial score (nSPS) is 16.0. The third-order valence-electron chi connectivity index (χ3n) is 5.78. The van der Waals surface area contributed by atoms with Crippen LogP contribution in [0.4, 0.5) is 0 Å². The molecule has 0 aliphatic carbocycles. The minimum absolute atomic E-state index is 0.426. The SMILES string of the molecule is CC(C)c1c(-c2cnc3nccn3c2)[nH]c2ccc(C3CCNCC3)cc12. The zero-order valence-electron chi connectivity index (χ0n) is 15.9. The van der Waals surface area contributed by atoms with Gasteiger partial charge in [-0.05, 0) is 61.0 Å². The fourth-order valence-corrected chi connectivity index (χ4v) is 4.41. The molecule has 4 aromatic rings. The van der Waals surface area contributed by atoms with Crippen LogP contribution in [0.1, 0.15) is 49.7 Å². The molecule has 0 unspecified atom stereocenters. The Hall–Kier alpha value is -2.66. The highest BCUT2D eigenvalue weighted by Gasteiger charge is 2.20. The number of imidazole rings is 1. The van der Waals surface area contributed by atoms with E-state index in [-0.39, 0.29) is 0 Å². The Bertz CT molecular complexity index is 1100. The summed E-state index contributed by atoms with van der Waals surface area (Å²) in [5.74, 6) is 1.82. The van der Waals surface area contributed by atoms with Gasteiger partial charge < -0.3 is 10.3 Å². The molecule has 5 nitrogen and oxygen atoms in total. The van der Waals surface area contributed by atoms with Gasteiger partial charge in [0.2, 0.25) is 5.78 Å². The van der Waals surface area contributed by atoms with Crippen molar-refractivity contribution in [2.75, 3.05) is 13.1 Å². The van der Waals surface area contributed by atoms with E-state index in [0.717, 1.165) is 24.4 Å². The average Bonchev–Trinajstić information content (AvgIpc) is 3.31. The highest BCUT2D eigenvalue weighted by atomic mass is 15.1. The number of H-pyrrole nitrogens is 1. The van der Waals surface area contributed by atoms with Crippen molar-refractivity contribution < 1.29 is 0 Å². The number of hydrogen-bond donors (Lipinski definition) is 2. The van der Waals surface area contributed by atoms with E-state index in [9.17, 15) is 0 Å². The smallest absolute Gasteiger partial charge is 0.233 e. The Morgan fingerprint density at radius 1 is 1.15 bits per heavy atom. The monoisotopic (exact) mass is 359 g/mol. The maximum absolute atomic E-state index is 4.50. The van der Waals surface area contributed by atoms with Gasteiger partial charge in [0.15, 0.2) is 0 Å². The molecule has 1 fully saturated rings. The number of aromatic nitrogens is 4. The summed E-state index contributed by atoms with van der Waals surface area (Å²) in [5, 5.41) is 4.82. The first-order valence-electron chi connectivity index (χ1n) is 9.86. The molecule has 1 aromatic carbocycles. The lowest BCUT2D eigenvalue weighted by Gasteiger charge is -2.23. The Morgan fingerprint density at radius 2 is 2.00 bits per heavy atom. The molecule has 27 heavy (non-hydrogen) atoms. The van der Waals surface area contributed by atoms with Gasteiger partial charge in [-0.15, -0.1) is 0 Å². The van der Waals surface area contributed by atoms with Gasteiger partial charge in [-0.25, -0.2) is 9.97 Å². The van der Waals surface area contributed by atoms with Crippen LogP contribution in [-0.2, 0) is 0 Å². The van der Waals surface area contributed by atoms with Gasteiger partial charge in [0, 0.05) is 41.3 Å². The fourth-order valence-electron chi connectivity index (χ4n) is 4.41. The van der Waals surface area contributed by atoms with Crippen LogP contribution in [0, 0.1) is 0 Å². The van der Waals surface area contributed by atoms with Crippen LogP contribution in [0.15, 0.2) is 43.0 Å². The molecule has 5 heteroatoms. The number of fused-ring (bicyclic) bond motifs is 2. The molecule has 3 aromatic heterocycles. The molecule has 138 valence electrons. The molecule has 0 atom stereocenters. The van der Waals surface area contributed by atoms with Crippen molar-refractivity contribution in [3.8, 4) is 11.3 Å². The molecular formula is C22H25N5. The highest BCUT2D eigenvalue weighted by Crippen LogP contribution is 2.37. The highest BCUT2D eigenvalue weighted by molar-refractivity contribution is 5.91. The standard InChI is InChI=1S/C22H25N5/c1-14(2)20-18-11-16(15-5-7-23-8-6-15)3-4-19(18)26-21(20)17-12-25-22-24-9-10-27(22)13-17/h3-4,9-15,23,26H,5-8H2,1-2H3. The first-order valence-corrected chi connectivity index (χ1v) is 9.86.